The van der Waals surface area contributed by atoms with Gasteiger partial charge in [0.25, 0.3) is 0 Å². The molecule has 0 aliphatic rings. The monoisotopic (exact) mass is 216 g/mol. The summed E-state index contributed by atoms with van der Waals surface area (Å²) in [5.74, 6) is -0.0575. The second-order valence-electron chi connectivity index (χ2n) is 3.52. The topological polar surface area (TPSA) is 17.1 Å². The van der Waals surface area contributed by atoms with Gasteiger partial charge in [0.15, 0.2) is 0 Å². The van der Waals surface area contributed by atoms with E-state index in [4.69, 9.17) is 0 Å². The second-order valence-corrected chi connectivity index (χ2v) is 3.52. The first-order valence-electron chi connectivity index (χ1n) is 4.47. The van der Waals surface area contributed by atoms with Crippen molar-refractivity contribution in [3.63, 3.8) is 0 Å². The molecule has 0 radical (unpaired) electrons. The molecule has 0 aliphatic carbocycles. The maximum absolute atomic E-state index is 12.3. The molecule has 0 saturated heterocycles. The Morgan fingerprint density at radius 2 is 1.93 bits per heavy atom. The van der Waals surface area contributed by atoms with Crippen LogP contribution in [-0.2, 0) is 17.4 Å². The number of rotatable bonds is 2. The molecule has 0 amide bonds. The molecule has 82 valence electrons. The Labute approximate surface area is 85.9 Å². The van der Waals surface area contributed by atoms with Crippen molar-refractivity contribution in [2.24, 2.45) is 0 Å². The van der Waals surface area contributed by atoms with Crippen LogP contribution in [0.4, 0.5) is 13.2 Å². The summed E-state index contributed by atoms with van der Waals surface area (Å²) in [5, 5.41) is 0. The predicted molar refractivity (Wildman–Crippen MR) is 50.6 cm³/mol. The molecule has 0 atom stereocenters. The van der Waals surface area contributed by atoms with Gasteiger partial charge < -0.3 is 0 Å². The van der Waals surface area contributed by atoms with Gasteiger partial charge in [0.05, 0.1) is 5.56 Å². The van der Waals surface area contributed by atoms with Crippen LogP contribution in [-0.4, -0.2) is 5.78 Å². The van der Waals surface area contributed by atoms with Crippen molar-refractivity contribution in [1.82, 2.24) is 0 Å². The zero-order valence-electron chi connectivity index (χ0n) is 8.48. The molecular formula is C11H11F3O. The lowest BCUT2D eigenvalue weighted by atomic mass is 10.0. The van der Waals surface area contributed by atoms with Gasteiger partial charge >= 0.3 is 6.18 Å². The summed E-state index contributed by atoms with van der Waals surface area (Å²) in [6.07, 6.45) is -4.14. The molecule has 0 aliphatic heterocycles. The highest BCUT2D eigenvalue weighted by Crippen LogP contribution is 2.30. The van der Waals surface area contributed by atoms with Gasteiger partial charge in [0, 0.05) is 6.42 Å². The first-order valence-corrected chi connectivity index (χ1v) is 4.47. The molecule has 0 N–H and O–H groups in total. The number of carbonyl (C=O) groups is 1. The molecule has 4 heteroatoms. The van der Waals surface area contributed by atoms with Crippen molar-refractivity contribution in [2.45, 2.75) is 26.4 Å². The summed E-state index contributed by atoms with van der Waals surface area (Å²) in [6.45, 7) is 2.99. The lowest BCUT2D eigenvalue weighted by Crippen LogP contribution is -2.07. The summed E-state index contributed by atoms with van der Waals surface area (Å²) < 4.78 is 36.9. The highest BCUT2D eigenvalue weighted by atomic mass is 19.4. The van der Waals surface area contributed by atoms with Gasteiger partial charge in [-0.05, 0) is 37.1 Å². The van der Waals surface area contributed by atoms with Crippen LogP contribution < -0.4 is 0 Å². The van der Waals surface area contributed by atoms with Crippen LogP contribution in [0.2, 0.25) is 0 Å². The number of aryl methyl sites for hydroxylation is 1. The van der Waals surface area contributed by atoms with Crippen LogP contribution in [0.5, 0.6) is 0 Å². The fourth-order valence-electron chi connectivity index (χ4n) is 1.34. The van der Waals surface area contributed by atoms with Crippen LogP contribution in [0.25, 0.3) is 0 Å². The van der Waals surface area contributed by atoms with Gasteiger partial charge in [0.2, 0.25) is 0 Å². The zero-order valence-corrected chi connectivity index (χ0v) is 8.48. The van der Waals surface area contributed by atoms with Crippen LogP contribution in [0.3, 0.4) is 0 Å². The molecule has 0 spiro atoms. The molecule has 0 unspecified atom stereocenters. The lowest BCUT2D eigenvalue weighted by molar-refractivity contribution is -0.137. The zero-order chi connectivity index (χ0) is 11.6. The molecule has 15 heavy (non-hydrogen) atoms. The van der Waals surface area contributed by atoms with E-state index in [-0.39, 0.29) is 12.2 Å². The number of halogens is 3. The van der Waals surface area contributed by atoms with Gasteiger partial charge in [-0.25, -0.2) is 0 Å². The van der Waals surface area contributed by atoms with E-state index in [0.29, 0.717) is 11.1 Å². The number of Topliss-reactive ketones (excluding diaryl/α,β-unsaturated/α-hetero) is 1. The number of benzene rings is 1. The summed E-state index contributed by atoms with van der Waals surface area (Å²) in [5.41, 5.74) is 0.475. The number of alkyl halides is 3. The highest BCUT2D eigenvalue weighted by Gasteiger charge is 2.30. The van der Waals surface area contributed by atoms with Crippen molar-refractivity contribution in [3.8, 4) is 0 Å². The number of hydrogen-bond donors (Lipinski definition) is 0. The minimum absolute atomic E-state index is 0.0575. The van der Waals surface area contributed by atoms with E-state index >= 15 is 0 Å². The van der Waals surface area contributed by atoms with E-state index in [1.54, 1.807) is 6.92 Å². The molecule has 0 saturated carbocycles. The number of ketones is 1. The van der Waals surface area contributed by atoms with E-state index in [1.807, 2.05) is 0 Å². The van der Waals surface area contributed by atoms with Crippen molar-refractivity contribution in [3.05, 3.63) is 34.9 Å². The molecule has 1 nitrogen and oxygen atoms in total. The molecule has 1 rings (SSSR count). The molecule has 0 fully saturated rings. The van der Waals surface area contributed by atoms with Crippen LogP contribution >= 0.6 is 0 Å². The highest BCUT2D eigenvalue weighted by molar-refractivity contribution is 5.78. The maximum atomic E-state index is 12.3. The average molecular weight is 216 g/mol. The normalized spacial score (nSPS) is 11.5. The van der Waals surface area contributed by atoms with E-state index in [9.17, 15) is 18.0 Å². The smallest absolute Gasteiger partial charge is 0.300 e. The number of carbonyl (C=O) groups excluding carboxylic acids is 1. The van der Waals surface area contributed by atoms with Crippen LogP contribution in [0, 0.1) is 6.92 Å². The van der Waals surface area contributed by atoms with E-state index in [1.165, 1.54) is 13.0 Å². The Morgan fingerprint density at radius 3 is 2.33 bits per heavy atom. The largest absolute Gasteiger partial charge is 0.416 e. The first kappa shape index (κ1) is 11.8. The summed E-state index contributed by atoms with van der Waals surface area (Å²) in [7, 11) is 0. The first-order chi connectivity index (χ1) is 6.80. The number of hydrogen-bond acceptors (Lipinski definition) is 1. The van der Waals surface area contributed by atoms with Gasteiger partial charge in [-0.15, -0.1) is 0 Å². The van der Waals surface area contributed by atoms with Crippen molar-refractivity contribution in [2.75, 3.05) is 0 Å². The molecule has 0 aromatic heterocycles. The fourth-order valence-corrected chi connectivity index (χ4v) is 1.34. The van der Waals surface area contributed by atoms with E-state index < -0.39 is 11.7 Å². The van der Waals surface area contributed by atoms with Gasteiger partial charge in [-0.1, -0.05) is 6.07 Å². The summed E-state index contributed by atoms with van der Waals surface area (Å²) >= 11 is 0. The molecule has 0 heterocycles. The minimum atomic E-state index is -4.32. The molecule has 1 aromatic rings. The Bertz CT molecular complexity index is 380. The van der Waals surface area contributed by atoms with Gasteiger partial charge in [-0.3, -0.25) is 4.79 Å². The lowest BCUT2D eigenvalue weighted by Gasteiger charge is -2.09. The Hall–Kier alpha value is -1.32. The molecule has 1 aromatic carbocycles. The van der Waals surface area contributed by atoms with Crippen LogP contribution in [0.1, 0.15) is 23.6 Å². The maximum Gasteiger partial charge on any atom is 0.416 e. The standard InChI is InChI=1S/C11H11F3O/c1-7-5-10(11(12,13)14)4-3-9(7)6-8(2)15/h3-5H,6H2,1-2H3. The quantitative estimate of drug-likeness (QED) is 0.742. The Morgan fingerprint density at radius 1 is 1.33 bits per heavy atom. The third kappa shape index (κ3) is 3.08. The Kier molecular flexibility index (Phi) is 3.17. The molecular weight excluding hydrogens is 205 g/mol. The van der Waals surface area contributed by atoms with Gasteiger partial charge in [0.1, 0.15) is 5.78 Å². The van der Waals surface area contributed by atoms with Crippen molar-refractivity contribution >= 4 is 5.78 Å². The van der Waals surface area contributed by atoms with Crippen LogP contribution in [0.15, 0.2) is 18.2 Å². The third-order valence-electron chi connectivity index (χ3n) is 2.11. The van der Waals surface area contributed by atoms with Gasteiger partial charge in [-0.2, -0.15) is 13.2 Å². The Balaban J connectivity index is 3.03. The van der Waals surface area contributed by atoms with E-state index in [0.717, 1.165) is 12.1 Å². The second kappa shape index (κ2) is 4.04. The van der Waals surface area contributed by atoms with Crippen molar-refractivity contribution in [1.29, 1.82) is 0 Å². The average Bonchev–Trinajstić information content (AvgIpc) is 2.05. The van der Waals surface area contributed by atoms with E-state index in [2.05, 4.69) is 0 Å². The summed E-state index contributed by atoms with van der Waals surface area (Å²) in [4.78, 5) is 10.8. The third-order valence-corrected chi connectivity index (χ3v) is 2.11. The summed E-state index contributed by atoms with van der Waals surface area (Å²) in [6, 6.07) is 3.43. The van der Waals surface area contributed by atoms with Crippen molar-refractivity contribution < 1.29 is 18.0 Å². The molecule has 0 bridgehead atoms. The minimum Gasteiger partial charge on any atom is -0.300 e. The SMILES string of the molecule is CC(=O)Cc1ccc(C(F)(F)F)cc1C. The fraction of sp³-hybridized carbons (Fsp3) is 0.364. The predicted octanol–water partition coefficient (Wildman–Crippen LogP) is 3.15.